The lowest BCUT2D eigenvalue weighted by Crippen LogP contribution is -2.40. The summed E-state index contributed by atoms with van der Waals surface area (Å²) in [7, 11) is 3.51. The SMILES string of the molecule is COc1cc2c(cc1OCCCN(C)CCO)NCN(c1cccc(F)c1)C2=Nc1cc(CC(N)=O)[nH]n1. The highest BCUT2D eigenvalue weighted by Crippen LogP contribution is 2.38. The molecule has 5 N–H and O–H groups in total. The second-order valence-electron chi connectivity index (χ2n) is 8.85. The van der Waals surface area contributed by atoms with Crippen molar-refractivity contribution in [3.8, 4) is 11.5 Å². The number of amides is 1. The molecule has 1 amide bonds. The number of rotatable bonds is 12. The van der Waals surface area contributed by atoms with Crippen molar-refractivity contribution in [2.24, 2.45) is 10.7 Å². The summed E-state index contributed by atoms with van der Waals surface area (Å²) in [5.41, 5.74) is 7.90. The van der Waals surface area contributed by atoms with Crippen molar-refractivity contribution in [3.05, 3.63) is 59.5 Å². The number of aliphatic hydroxyl groups is 1. The van der Waals surface area contributed by atoms with Gasteiger partial charge in [0.25, 0.3) is 0 Å². The van der Waals surface area contributed by atoms with Gasteiger partial charge in [-0.15, -0.1) is 0 Å². The number of fused-ring (bicyclic) bond motifs is 1. The second-order valence-corrected chi connectivity index (χ2v) is 8.85. The predicted octanol–water partition coefficient (Wildman–Crippen LogP) is 2.25. The maximum Gasteiger partial charge on any atom is 0.223 e. The Morgan fingerprint density at radius 2 is 2.11 bits per heavy atom. The number of primary amides is 1. The van der Waals surface area contributed by atoms with Gasteiger partial charge in [0, 0.05) is 42.2 Å². The van der Waals surface area contributed by atoms with Gasteiger partial charge in [0.15, 0.2) is 17.3 Å². The molecule has 0 saturated heterocycles. The van der Waals surface area contributed by atoms with Crippen molar-refractivity contribution in [2.45, 2.75) is 12.8 Å². The Bertz CT molecular complexity index is 1300. The third-order valence-electron chi connectivity index (χ3n) is 5.97. The molecule has 4 rings (SSSR count). The lowest BCUT2D eigenvalue weighted by atomic mass is 10.1. The van der Waals surface area contributed by atoms with Crippen molar-refractivity contribution < 1.29 is 23.8 Å². The average molecular weight is 526 g/mol. The quantitative estimate of drug-likeness (QED) is 0.264. The van der Waals surface area contributed by atoms with Crippen LogP contribution < -0.4 is 25.4 Å². The fraction of sp³-hybridized carbons (Fsp3) is 0.346. The minimum Gasteiger partial charge on any atom is -0.493 e. The summed E-state index contributed by atoms with van der Waals surface area (Å²) in [5, 5.41) is 19.4. The lowest BCUT2D eigenvalue weighted by molar-refractivity contribution is -0.117. The van der Waals surface area contributed by atoms with Crippen LogP contribution >= 0.6 is 0 Å². The lowest BCUT2D eigenvalue weighted by Gasteiger charge is -2.33. The zero-order valence-corrected chi connectivity index (χ0v) is 21.4. The molecular weight excluding hydrogens is 493 g/mol. The molecule has 1 aliphatic heterocycles. The summed E-state index contributed by atoms with van der Waals surface area (Å²) in [6.07, 6.45) is 0.783. The Morgan fingerprint density at radius 3 is 2.84 bits per heavy atom. The minimum absolute atomic E-state index is 0.00786. The smallest absolute Gasteiger partial charge is 0.223 e. The fourth-order valence-electron chi connectivity index (χ4n) is 4.12. The summed E-state index contributed by atoms with van der Waals surface area (Å²) in [6.45, 7) is 2.29. The average Bonchev–Trinajstić information content (AvgIpc) is 3.32. The van der Waals surface area contributed by atoms with Crippen LogP contribution in [0, 0.1) is 5.82 Å². The van der Waals surface area contributed by atoms with Crippen LogP contribution in [0.4, 0.5) is 21.6 Å². The molecular formula is C26H32FN7O4. The number of ether oxygens (including phenoxy) is 2. The zero-order chi connectivity index (χ0) is 27.1. The van der Waals surface area contributed by atoms with Crippen LogP contribution in [-0.4, -0.2) is 79.1 Å². The summed E-state index contributed by atoms with van der Waals surface area (Å²) < 4.78 is 25.8. The number of H-pyrrole nitrogens is 1. The Balaban J connectivity index is 1.66. The van der Waals surface area contributed by atoms with E-state index in [1.807, 2.05) is 29.0 Å². The number of aliphatic imine (C=N–C) groups is 1. The van der Waals surface area contributed by atoms with E-state index in [0.29, 0.717) is 59.9 Å². The summed E-state index contributed by atoms with van der Waals surface area (Å²) >= 11 is 0. The van der Waals surface area contributed by atoms with Gasteiger partial charge in [-0.2, -0.15) is 5.10 Å². The Hall–Kier alpha value is -4.16. The molecule has 202 valence electrons. The van der Waals surface area contributed by atoms with Crippen LogP contribution in [-0.2, 0) is 11.2 Å². The molecule has 0 bridgehead atoms. The number of nitrogens with one attached hydrogen (secondary N) is 2. The molecule has 0 saturated carbocycles. The van der Waals surface area contributed by atoms with E-state index in [1.165, 1.54) is 12.1 Å². The number of carbonyl (C=O) groups is 1. The maximum atomic E-state index is 14.1. The number of methoxy groups -OCH3 is 1. The number of aromatic nitrogens is 2. The molecule has 3 aromatic rings. The predicted molar refractivity (Wildman–Crippen MR) is 143 cm³/mol. The van der Waals surface area contributed by atoms with Gasteiger partial charge in [0.1, 0.15) is 11.7 Å². The van der Waals surface area contributed by atoms with E-state index in [9.17, 15) is 9.18 Å². The Labute approximate surface area is 220 Å². The zero-order valence-electron chi connectivity index (χ0n) is 21.4. The molecule has 0 atom stereocenters. The summed E-state index contributed by atoms with van der Waals surface area (Å²) in [5.74, 6) is 1.08. The largest absolute Gasteiger partial charge is 0.493 e. The van der Waals surface area contributed by atoms with E-state index in [2.05, 4.69) is 15.5 Å². The number of aromatic amines is 1. The van der Waals surface area contributed by atoms with Crippen molar-refractivity contribution in [1.82, 2.24) is 15.1 Å². The van der Waals surface area contributed by atoms with Crippen molar-refractivity contribution in [1.29, 1.82) is 0 Å². The molecule has 0 unspecified atom stereocenters. The third-order valence-corrected chi connectivity index (χ3v) is 5.97. The first kappa shape index (κ1) is 26.9. The van der Waals surface area contributed by atoms with Crippen LogP contribution in [0.5, 0.6) is 11.5 Å². The standard InChI is InChI=1S/C26H32FN7O4/c1-33(8-9-35)7-4-10-38-23-15-21-20(14-22(23)37-2)26(30-25-13-18(31-32-25)12-24(28)36)34(16-29-21)19-6-3-5-17(27)11-19/h3,5-6,11,13-15,29,35H,4,7-10,12,16H2,1-2H3,(H2,28,36)(H,31,32). The highest BCUT2D eigenvalue weighted by molar-refractivity contribution is 6.16. The van der Waals surface area contributed by atoms with E-state index in [0.717, 1.165) is 18.7 Å². The van der Waals surface area contributed by atoms with Gasteiger partial charge in [-0.05, 0) is 37.7 Å². The number of halogens is 1. The highest BCUT2D eigenvalue weighted by Gasteiger charge is 2.27. The fourth-order valence-corrected chi connectivity index (χ4v) is 4.12. The van der Waals surface area contributed by atoms with Gasteiger partial charge in [0.05, 0.1) is 39.1 Å². The molecule has 11 nitrogen and oxygen atoms in total. The topological polar surface area (TPSA) is 141 Å². The molecule has 1 aliphatic rings. The molecule has 0 spiro atoms. The van der Waals surface area contributed by atoms with E-state index in [1.54, 1.807) is 25.3 Å². The number of hydrogen-bond donors (Lipinski definition) is 4. The van der Waals surface area contributed by atoms with Crippen molar-refractivity contribution in [2.75, 3.05) is 57.3 Å². The van der Waals surface area contributed by atoms with Gasteiger partial charge in [-0.25, -0.2) is 9.38 Å². The van der Waals surface area contributed by atoms with Gasteiger partial charge in [-0.1, -0.05) is 6.07 Å². The number of carbonyl (C=O) groups excluding carboxylic acids is 1. The van der Waals surface area contributed by atoms with E-state index in [4.69, 9.17) is 25.3 Å². The second kappa shape index (κ2) is 12.4. The first-order chi connectivity index (χ1) is 18.4. The number of anilines is 2. The molecule has 12 heteroatoms. The molecule has 0 fully saturated rings. The van der Waals surface area contributed by atoms with Crippen LogP contribution in [0.15, 0.2) is 47.5 Å². The number of aliphatic hydroxyl groups excluding tert-OH is 1. The maximum absolute atomic E-state index is 14.1. The highest BCUT2D eigenvalue weighted by atomic mass is 19.1. The van der Waals surface area contributed by atoms with Gasteiger partial charge >= 0.3 is 0 Å². The Morgan fingerprint density at radius 1 is 1.26 bits per heavy atom. The van der Waals surface area contributed by atoms with E-state index in [-0.39, 0.29) is 18.8 Å². The van der Waals surface area contributed by atoms with E-state index < -0.39 is 5.91 Å². The number of likely N-dealkylation sites (N-methyl/N-ethyl adjacent to an activating group) is 1. The number of nitrogens with zero attached hydrogens (tertiary/aromatic N) is 4. The number of benzene rings is 2. The first-order valence-corrected chi connectivity index (χ1v) is 12.2. The Kier molecular flexibility index (Phi) is 8.77. The normalized spacial score (nSPS) is 13.9. The van der Waals surface area contributed by atoms with Crippen LogP contribution in [0.2, 0.25) is 0 Å². The molecule has 2 heterocycles. The van der Waals surface area contributed by atoms with Crippen molar-refractivity contribution >= 4 is 28.9 Å². The van der Waals surface area contributed by atoms with Crippen LogP contribution in [0.3, 0.4) is 0 Å². The molecule has 2 aromatic carbocycles. The third kappa shape index (κ3) is 6.58. The number of hydrogen-bond acceptors (Lipinski definition) is 8. The van der Waals surface area contributed by atoms with Crippen LogP contribution in [0.25, 0.3) is 0 Å². The van der Waals surface area contributed by atoms with Crippen LogP contribution in [0.1, 0.15) is 17.7 Å². The van der Waals surface area contributed by atoms with Gasteiger partial charge in [-0.3, -0.25) is 9.89 Å². The summed E-state index contributed by atoms with van der Waals surface area (Å²) in [4.78, 5) is 19.9. The van der Waals surface area contributed by atoms with E-state index >= 15 is 0 Å². The molecule has 38 heavy (non-hydrogen) atoms. The molecule has 0 radical (unpaired) electrons. The van der Waals surface area contributed by atoms with Gasteiger partial charge < -0.3 is 35.4 Å². The first-order valence-electron chi connectivity index (χ1n) is 12.2. The number of amidine groups is 1. The molecule has 0 aliphatic carbocycles. The molecule has 1 aromatic heterocycles. The minimum atomic E-state index is -0.487. The number of nitrogens with two attached hydrogens (primary N) is 1. The monoisotopic (exact) mass is 525 g/mol. The summed E-state index contributed by atoms with van der Waals surface area (Å²) in [6, 6.07) is 11.5. The van der Waals surface area contributed by atoms with Gasteiger partial charge in [0.2, 0.25) is 5.91 Å². The van der Waals surface area contributed by atoms with Crippen molar-refractivity contribution in [3.63, 3.8) is 0 Å².